The van der Waals surface area contributed by atoms with Crippen LogP contribution < -0.4 is 4.72 Å². The van der Waals surface area contributed by atoms with Gasteiger partial charge in [-0.15, -0.1) is 0 Å². The van der Waals surface area contributed by atoms with Crippen LogP contribution in [0, 0.1) is 5.92 Å². The normalized spacial score (nSPS) is 17.8. The molecule has 0 amide bonds. The molecule has 116 valence electrons. The molecule has 0 aromatic heterocycles. The maximum absolute atomic E-state index is 12.2. The van der Waals surface area contributed by atoms with Crippen molar-refractivity contribution < 1.29 is 18.3 Å². The van der Waals surface area contributed by atoms with Gasteiger partial charge in [-0.2, -0.15) is 17.4 Å². The molecular weight excluding hydrogens is 316 g/mol. The highest BCUT2D eigenvalue weighted by Crippen LogP contribution is 2.20. The molecule has 1 saturated heterocycles. The van der Waals surface area contributed by atoms with E-state index in [4.69, 9.17) is 16.7 Å². The quantitative estimate of drug-likeness (QED) is 0.855. The number of nitrogens with one attached hydrogen (secondary N) is 1. The lowest BCUT2D eigenvalue weighted by molar-refractivity contribution is -0.142. The van der Waals surface area contributed by atoms with Gasteiger partial charge in [-0.05, 0) is 24.5 Å². The monoisotopic (exact) mass is 332 g/mol. The average molecular weight is 333 g/mol. The molecule has 1 aliphatic rings. The second-order valence-electron chi connectivity index (χ2n) is 4.93. The Morgan fingerprint density at radius 2 is 1.95 bits per heavy atom. The van der Waals surface area contributed by atoms with E-state index in [1.54, 1.807) is 24.3 Å². The highest BCUT2D eigenvalue weighted by atomic mass is 35.5. The first kappa shape index (κ1) is 16.2. The third kappa shape index (κ3) is 4.16. The maximum atomic E-state index is 12.2. The fourth-order valence-electron chi connectivity index (χ4n) is 2.25. The largest absolute Gasteiger partial charge is 0.481 e. The minimum absolute atomic E-state index is 0.112. The van der Waals surface area contributed by atoms with Crippen LogP contribution >= 0.6 is 11.6 Å². The van der Waals surface area contributed by atoms with Gasteiger partial charge in [0, 0.05) is 24.7 Å². The van der Waals surface area contributed by atoms with Gasteiger partial charge in [0.15, 0.2) is 0 Å². The molecule has 0 aliphatic carbocycles. The number of nitrogens with zero attached hydrogens (tertiary/aromatic N) is 1. The van der Waals surface area contributed by atoms with Crippen molar-refractivity contribution in [3.8, 4) is 0 Å². The Morgan fingerprint density at radius 1 is 1.33 bits per heavy atom. The summed E-state index contributed by atoms with van der Waals surface area (Å²) >= 11 is 5.98. The smallest absolute Gasteiger partial charge is 0.306 e. The van der Waals surface area contributed by atoms with Gasteiger partial charge in [-0.3, -0.25) is 4.79 Å². The van der Waals surface area contributed by atoms with Crippen molar-refractivity contribution in [2.75, 3.05) is 13.1 Å². The molecule has 0 atom stereocenters. The Labute approximate surface area is 128 Å². The van der Waals surface area contributed by atoms with Crippen LogP contribution in [-0.4, -0.2) is 36.9 Å². The van der Waals surface area contributed by atoms with Crippen LogP contribution in [0.5, 0.6) is 0 Å². The van der Waals surface area contributed by atoms with Gasteiger partial charge in [-0.1, -0.05) is 29.8 Å². The number of carbonyl (C=O) groups is 1. The second kappa shape index (κ2) is 6.74. The van der Waals surface area contributed by atoms with Crippen molar-refractivity contribution in [1.82, 2.24) is 9.03 Å². The zero-order valence-electron chi connectivity index (χ0n) is 11.3. The predicted molar refractivity (Wildman–Crippen MR) is 79.1 cm³/mol. The minimum Gasteiger partial charge on any atom is -0.481 e. The van der Waals surface area contributed by atoms with Crippen LogP contribution in [0.25, 0.3) is 0 Å². The summed E-state index contributed by atoms with van der Waals surface area (Å²) in [6, 6.07) is 7.01. The van der Waals surface area contributed by atoms with Gasteiger partial charge in [-0.25, -0.2) is 0 Å². The van der Waals surface area contributed by atoms with Crippen molar-refractivity contribution in [3.05, 3.63) is 34.9 Å². The molecule has 21 heavy (non-hydrogen) atoms. The third-order valence-electron chi connectivity index (χ3n) is 3.55. The first-order valence-corrected chi connectivity index (χ1v) is 8.43. The lowest BCUT2D eigenvalue weighted by Crippen LogP contribution is -2.45. The van der Waals surface area contributed by atoms with E-state index in [9.17, 15) is 13.2 Å². The van der Waals surface area contributed by atoms with Gasteiger partial charge in [0.05, 0.1) is 5.92 Å². The maximum Gasteiger partial charge on any atom is 0.306 e. The number of halogens is 1. The van der Waals surface area contributed by atoms with Gasteiger partial charge in [0.2, 0.25) is 0 Å². The Kier molecular flexibility index (Phi) is 5.21. The number of carboxylic acids is 1. The number of aliphatic carboxylic acids is 1. The minimum atomic E-state index is -3.62. The molecule has 0 saturated carbocycles. The summed E-state index contributed by atoms with van der Waals surface area (Å²) in [6.07, 6.45) is 0.671. The number of carboxylic acid groups (broad SMARTS) is 1. The Hall–Kier alpha value is -1.15. The molecule has 0 unspecified atom stereocenters. The molecule has 0 radical (unpaired) electrons. The van der Waals surface area contributed by atoms with Crippen LogP contribution in [-0.2, 0) is 21.5 Å². The van der Waals surface area contributed by atoms with Crippen molar-refractivity contribution in [2.24, 2.45) is 5.92 Å². The Bertz CT molecular complexity index is 612. The molecule has 6 nitrogen and oxygen atoms in total. The molecule has 2 N–H and O–H groups in total. The number of piperidine rings is 1. The van der Waals surface area contributed by atoms with Crippen molar-refractivity contribution in [2.45, 2.75) is 19.4 Å². The van der Waals surface area contributed by atoms with Crippen LogP contribution in [0.3, 0.4) is 0 Å². The number of benzene rings is 1. The van der Waals surface area contributed by atoms with Crippen LogP contribution in [0.1, 0.15) is 18.4 Å². The fourth-order valence-corrected chi connectivity index (χ4v) is 3.66. The summed E-state index contributed by atoms with van der Waals surface area (Å²) in [5, 5.41) is 9.42. The fraction of sp³-hybridized carbons (Fsp3) is 0.462. The molecule has 1 fully saturated rings. The van der Waals surface area contributed by atoms with Gasteiger partial charge in [0.25, 0.3) is 10.2 Å². The summed E-state index contributed by atoms with van der Waals surface area (Å²) < 4.78 is 28.1. The van der Waals surface area contributed by atoms with E-state index in [-0.39, 0.29) is 19.6 Å². The van der Waals surface area contributed by atoms with Gasteiger partial charge >= 0.3 is 5.97 Å². The van der Waals surface area contributed by atoms with E-state index in [0.717, 1.165) is 0 Å². The zero-order valence-corrected chi connectivity index (χ0v) is 12.9. The molecular formula is C13H17ClN2O4S. The van der Waals surface area contributed by atoms with E-state index < -0.39 is 22.1 Å². The standard InChI is InChI=1S/C13H17ClN2O4S/c14-12-4-2-1-3-11(12)9-15-21(19,20)16-7-5-10(6-8-16)13(17)18/h1-4,10,15H,5-9H2,(H,17,18). The topological polar surface area (TPSA) is 86.7 Å². The summed E-state index contributed by atoms with van der Waals surface area (Å²) in [4.78, 5) is 10.9. The number of hydrogen-bond acceptors (Lipinski definition) is 3. The lowest BCUT2D eigenvalue weighted by Gasteiger charge is -2.29. The highest BCUT2D eigenvalue weighted by molar-refractivity contribution is 7.87. The third-order valence-corrected chi connectivity index (χ3v) is 5.47. The first-order chi connectivity index (χ1) is 9.90. The van der Waals surface area contributed by atoms with Gasteiger partial charge in [0.1, 0.15) is 0 Å². The molecule has 1 aromatic carbocycles. The van der Waals surface area contributed by atoms with Crippen LogP contribution in [0.2, 0.25) is 5.02 Å². The van der Waals surface area contributed by atoms with E-state index in [2.05, 4.69) is 4.72 Å². The summed E-state index contributed by atoms with van der Waals surface area (Å²) in [7, 11) is -3.62. The van der Waals surface area contributed by atoms with Crippen molar-refractivity contribution in [3.63, 3.8) is 0 Å². The SMILES string of the molecule is O=C(O)C1CCN(S(=O)(=O)NCc2ccccc2Cl)CC1. The molecule has 1 aromatic rings. The molecule has 0 bridgehead atoms. The molecule has 0 spiro atoms. The van der Waals surface area contributed by atoms with Crippen LogP contribution in [0.4, 0.5) is 0 Å². The highest BCUT2D eigenvalue weighted by Gasteiger charge is 2.30. The summed E-state index contributed by atoms with van der Waals surface area (Å²) in [5.41, 5.74) is 0.697. The summed E-state index contributed by atoms with van der Waals surface area (Å²) in [5.74, 6) is -1.32. The van der Waals surface area contributed by atoms with E-state index >= 15 is 0 Å². The number of hydrogen-bond donors (Lipinski definition) is 2. The molecule has 1 aliphatic heterocycles. The lowest BCUT2D eigenvalue weighted by atomic mass is 9.99. The van der Waals surface area contributed by atoms with E-state index in [1.165, 1.54) is 4.31 Å². The molecule has 8 heteroatoms. The molecule has 2 rings (SSSR count). The van der Waals surface area contributed by atoms with Crippen LogP contribution in [0.15, 0.2) is 24.3 Å². The van der Waals surface area contributed by atoms with Crippen molar-refractivity contribution >= 4 is 27.8 Å². The van der Waals surface area contributed by atoms with Gasteiger partial charge < -0.3 is 5.11 Å². The number of rotatable bonds is 5. The van der Waals surface area contributed by atoms with Crippen molar-refractivity contribution in [1.29, 1.82) is 0 Å². The average Bonchev–Trinajstić information content (AvgIpc) is 2.46. The Morgan fingerprint density at radius 3 is 2.52 bits per heavy atom. The summed E-state index contributed by atoms with van der Waals surface area (Å²) in [6.45, 7) is 0.546. The molecule has 1 heterocycles. The zero-order chi connectivity index (χ0) is 15.5. The first-order valence-electron chi connectivity index (χ1n) is 6.61. The Balaban J connectivity index is 1.94. The van der Waals surface area contributed by atoms with E-state index in [0.29, 0.717) is 23.4 Å². The second-order valence-corrected chi connectivity index (χ2v) is 7.09. The van der Waals surface area contributed by atoms with E-state index in [1.807, 2.05) is 0 Å². The predicted octanol–water partition coefficient (Wildman–Crippen LogP) is 1.47.